The van der Waals surface area contributed by atoms with Gasteiger partial charge in [0.1, 0.15) is 5.78 Å². The Morgan fingerprint density at radius 1 is 1.08 bits per heavy atom. The molecule has 0 aromatic carbocycles. The lowest BCUT2D eigenvalue weighted by Gasteiger charge is -2.37. The summed E-state index contributed by atoms with van der Waals surface area (Å²) in [5.74, 6) is 0.179. The van der Waals surface area contributed by atoms with Gasteiger partial charge >= 0.3 is 0 Å². The third-order valence-electron chi connectivity index (χ3n) is 2.86. The highest BCUT2D eigenvalue weighted by atomic mass is 16.2. The fourth-order valence-corrected chi connectivity index (χ4v) is 1.82. The van der Waals surface area contributed by atoms with E-state index in [2.05, 4.69) is 0 Å². The summed E-state index contributed by atoms with van der Waals surface area (Å²) >= 11 is 0. The van der Waals surface area contributed by atoms with E-state index >= 15 is 0 Å². The molecule has 0 aromatic rings. The van der Waals surface area contributed by atoms with Crippen LogP contribution in [0.5, 0.6) is 0 Å². The monoisotopic (exact) mass is 168 g/mol. The van der Waals surface area contributed by atoms with E-state index in [1.807, 2.05) is 13.8 Å². The second-order valence-electron chi connectivity index (χ2n) is 4.76. The lowest BCUT2D eigenvalue weighted by atomic mass is 9.63. The highest BCUT2D eigenvalue weighted by molar-refractivity contribution is 6.10. The molecular weight excluding hydrogens is 152 g/mol. The zero-order chi connectivity index (χ0) is 9.57. The van der Waals surface area contributed by atoms with Crippen molar-refractivity contribution in [2.75, 3.05) is 0 Å². The van der Waals surface area contributed by atoms with E-state index in [4.69, 9.17) is 0 Å². The van der Waals surface area contributed by atoms with Crippen LogP contribution in [-0.2, 0) is 9.59 Å². The first-order chi connectivity index (χ1) is 5.28. The second kappa shape index (κ2) is 2.41. The van der Waals surface area contributed by atoms with E-state index < -0.39 is 5.41 Å². The van der Waals surface area contributed by atoms with Gasteiger partial charge < -0.3 is 0 Å². The first kappa shape index (κ1) is 9.43. The number of rotatable bonds is 0. The van der Waals surface area contributed by atoms with Gasteiger partial charge in [0.15, 0.2) is 5.78 Å². The molecule has 0 atom stereocenters. The molecule has 2 nitrogen and oxygen atoms in total. The molecule has 0 unspecified atom stereocenters. The molecule has 2 heteroatoms. The molecule has 1 fully saturated rings. The standard InChI is InChI=1S/C10H16O2/c1-9(2)6-5-7(11)10(3,4)8(9)12/h5-6H2,1-4H3. The SMILES string of the molecule is CC1(C)CCC(=O)C(C)(C)C1=O. The Hall–Kier alpha value is -0.660. The van der Waals surface area contributed by atoms with Crippen LogP contribution in [0.1, 0.15) is 40.5 Å². The fraction of sp³-hybridized carbons (Fsp3) is 0.800. The summed E-state index contributed by atoms with van der Waals surface area (Å²) in [5.41, 5.74) is -1.06. The summed E-state index contributed by atoms with van der Waals surface area (Å²) in [4.78, 5) is 23.2. The maximum Gasteiger partial charge on any atom is 0.151 e. The summed E-state index contributed by atoms with van der Waals surface area (Å²) in [6, 6.07) is 0. The van der Waals surface area contributed by atoms with E-state index in [1.165, 1.54) is 0 Å². The minimum atomic E-state index is -0.748. The molecule has 12 heavy (non-hydrogen) atoms. The average Bonchev–Trinajstić information content (AvgIpc) is 1.96. The average molecular weight is 168 g/mol. The normalized spacial score (nSPS) is 27.3. The zero-order valence-corrected chi connectivity index (χ0v) is 8.23. The summed E-state index contributed by atoms with van der Waals surface area (Å²) in [6.45, 7) is 7.31. The molecule has 0 amide bonds. The van der Waals surface area contributed by atoms with Gasteiger partial charge in [-0.2, -0.15) is 0 Å². The highest BCUT2D eigenvalue weighted by Crippen LogP contribution is 2.39. The first-order valence-electron chi connectivity index (χ1n) is 4.37. The van der Waals surface area contributed by atoms with Crippen LogP contribution in [-0.4, -0.2) is 11.6 Å². The fourth-order valence-electron chi connectivity index (χ4n) is 1.82. The number of carbonyl (C=O) groups excluding carboxylic acids is 2. The lowest BCUT2D eigenvalue weighted by Crippen LogP contribution is -2.46. The molecule has 0 bridgehead atoms. The molecule has 0 aliphatic heterocycles. The second-order valence-corrected chi connectivity index (χ2v) is 4.76. The Morgan fingerprint density at radius 3 is 2.00 bits per heavy atom. The van der Waals surface area contributed by atoms with Crippen LogP contribution in [0.2, 0.25) is 0 Å². The third kappa shape index (κ3) is 1.19. The molecule has 1 aliphatic rings. The summed E-state index contributed by atoms with van der Waals surface area (Å²) in [7, 11) is 0. The third-order valence-corrected chi connectivity index (χ3v) is 2.86. The molecule has 0 heterocycles. The summed E-state index contributed by atoms with van der Waals surface area (Å²) in [5, 5.41) is 0. The van der Waals surface area contributed by atoms with Crippen LogP contribution < -0.4 is 0 Å². The Balaban J connectivity index is 3.02. The van der Waals surface area contributed by atoms with Crippen molar-refractivity contribution in [1.82, 2.24) is 0 Å². The van der Waals surface area contributed by atoms with Crippen molar-refractivity contribution in [3.05, 3.63) is 0 Å². The number of hydrogen-bond acceptors (Lipinski definition) is 2. The van der Waals surface area contributed by atoms with Crippen LogP contribution in [0.15, 0.2) is 0 Å². The van der Waals surface area contributed by atoms with Gasteiger partial charge in [-0.05, 0) is 20.3 Å². The van der Waals surface area contributed by atoms with Gasteiger partial charge in [0.05, 0.1) is 5.41 Å². The van der Waals surface area contributed by atoms with Crippen molar-refractivity contribution in [2.24, 2.45) is 10.8 Å². The maximum absolute atomic E-state index is 11.8. The van der Waals surface area contributed by atoms with Crippen molar-refractivity contribution in [2.45, 2.75) is 40.5 Å². The predicted molar refractivity (Wildman–Crippen MR) is 46.8 cm³/mol. The van der Waals surface area contributed by atoms with E-state index in [0.29, 0.717) is 12.8 Å². The Kier molecular flexibility index (Phi) is 1.89. The van der Waals surface area contributed by atoms with Gasteiger partial charge in [0.25, 0.3) is 0 Å². The van der Waals surface area contributed by atoms with E-state index in [9.17, 15) is 9.59 Å². The molecule has 68 valence electrons. The van der Waals surface area contributed by atoms with Gasteiger partial charge in [-0.1, -0.05) is 13.8 Å². The van der Waals surface area contributed by atoms with Gasteiger partial charge in [0.2, 0.25) is 0 Å². The molecule has 0 aromatic heterocycles. The van der Waals surface area contributed by atoms with Crippen LogP contribution in [0.25, 0.3) is 0 Å². The smallest absolute Gasteiger partial charge is 0.151 e. The van der Waals surface area contributed by atoms with Crippen LogP contribution in [0.4, 0.5) is 0 Å². The Labute approximate surface area is 73.3 Å². The molecule has 1 aliphatic carbocycles. The lowest BCUT2D eigenvalue weighted by molar-refractivity contribution is -0.149. The number of Topliss-reactive ketones (excluding diaryl/α,β-unsaturated/α-hetero) is 2. The topological polar surface area (TPSA) is 34.1 Å². The van der Waals surface area contributed by atoms with Gasteiger partial charge in [-0.25, -0.2) is 0 Å². The van der Waals surface area contributed by atoms with Crippen molar-refractivity contribution in [1.29, 1.82) is 0 Å². The quantitative estimate of drug-likeness (QED) is 0.518. The molecule has 0 radical (unpaired) electrons. The van der Waals surface area contributed by atoms with Crippen LogP contribution in [0, 0.1) is 10.8 Å². The zero-order valence-electron chi connectivity index (χ0n) is 8.23. The first-order valence-corrected chi connectivity index (χ1v) is 4.37. The summed E-state index contributed by atoms with van der Waals surface area (Å²) < 4.78 is 0. The summed E-state index contributed by atoms with van der Waals surface area (Å²) in [6.07, 6.45) is 1.25. The number of carbonyl (C=O) groups is 2. The van der Waals surface area contributed by atoms with E-state index in [-0.39, 0.29) is 17.0 Å². The van der Waals surface area contributed by atoms with Crippen molar-refractivity contribution < 1.29 is 9.59 Å². The molecule has 0 spiro atoms. The van der Waals surface area contributed by atoms with E-state index in [0.717, 1.165) is 0 Å². The molecule has 0 N–H and O–H groups in total. The predicted octanol–water partition coefficient (Wildman–Crippen LogP) is 1.97. The van der Waals surface area contributed by atoms with Crippen molar-refractivity contribution in [3.8, 4) is 0 Å². The van der Waals surface area contributed by atoms with Crippen molar-refractivity contribution in [3.63, 3.8) is 0 Å². The highest BCUT2D eigenvalue weighted by Gasteiger charge is 2.47. The minimum absolute atomic E-state index is 0.0891. The van der Waals surface area contributed by atoms with E-state index in [1.54, 1.807) is 13.8 Å². The molecule has 1 saturated carbocycles. The Morgan fingerprint density at radius 2 is 1.58 bits per heavy atom. The maximum atomic E-state index is 11.8. The molecular formula is C10H16O2. The largest absolute Gasteiger partial charge is 0.299 e. The number of hydrogen-bond donors (Lipinski definition) is 0. The molecule has 0 saturated heterocycles. The van der Waals surface area contributed by atoms with Gasteiger partial charge in [-0.15, -0.1) is 0 Å². The van der Waals surface area contributed by atoms with Crippen LogP contribution in [0.3, 0.4) is 0 Å². The minimum Gasteiger partial charge on any atom is -0.299 e. The number of ketones is 2. The van der Waals surface area contributed by atoms with Gasteiger partial charge in [0, 0.05) is 11.8 Å². The van der Waals surface area contributed by atoms with Gasteiger partial charge in [-0.3, -0.25) is 9.59 Å². The molecule has 1 rings (SSSR count). The Bertz CT molecular complexity index is 236. The van der Waals surface area contributed by atoms with Crippen molar-refractivity contribution >= 4 is 11.6 Å². The van der Waals surface area contributed by atoms with Crippen LogP contribution >= 0.6 is 0 Å².